The quantitative estimate of drug-likeness (QED) is 0.337. The Morgan fingerprint density at radius 2 is 2.26 bits per heavy atom. The van der Waals surface area contributed by atoms with Crippen LogP contribution in [-0.2, 0) is 13.0 Å². The molecule has 2 aromatic rings. The second kappa shape index (κ2) is 8.94. The van der Waals surface area contributed by atoms with Gasteiger partial charge in [-0.3, -0.25) is 4.79 Å². The fourth-order valence-corrected chi connectivity index (χ4v) is 7.11. The van der Waals surface area contributed by atoms with Gasteiger partial charge in [-0.15, -0.1) is 0 Å². The largest absolute Gasteiger partial charge is 0.393 e. The van der Waals surface area contributed by atoms with Crippen LogP contribution in [0, 0.1) is 22.7 Å². The first-order chi connectivity index (χ1) is 16.7. The minimum Gasteiger partial charge on any atom is -0.393 e. The molecule has 2 aromatic heterocycles. The Morgan fingerprint density at radius 1 is 1.46 bits per heavy atom. The van der Waals surface area contributed by atoms with Crippen LogP contribution in [0.2, 0.25) is 5.02 Å². The number of pyridine rings is 1. The van der Waals surface area contributed by atoms with E-state index in [-0.39, 0.29) is 40.2 Å². The number of halogens is 2. The van der Waals surface area contributed by atoms with Crippen LogP contribution in [0.4, 0.5) is 15.8 Å². The fraction of sp³-hybridized carbons (Fsp3) is 0.522. The average molecular weight is 521 g/mol. The van der Waals surface area contributed by atoms with Crippen molar-refractivity contribution in [2.75, 3.05) is 23.2 Å². The third-order valence-electron chi connectivity index (χ3n) is 7.77. The number of rotatable bonds is 6. The molecule has 0 spiro atoms. The molecule has 12 heteroatoms. The summed E-state index contributed by atoms with van der Waals surface area (Å²) in [6, 6.07) is 4.24. The summed E-state index contributed by atoms with van der Waals surface area (Å²) in [6.45, 7) is 2.64. The second-order valence-electron chi connectivity index (χ2n) is 9.65. The third-order valence-corrected chi connectivity index (χ3v) is 9.05. The molecule has 3 unspecified atom stereocenters. The average Bonchev–Trinajstić information content (AvgIpc) is 3.18. The third kappa shape index (κ3) is 3.88. The molecule has 9 nitrogen and oxygen atoms in total. The highest BCUT2D eigenvalue weighted by molar-refractivity contribution is 7.98. The van der Waals surface area contributed by atoms with E-state index in [1.807, 2.05) is 15.8 Å². The molecule has 4 heterocycles. The van der Waals surface area contributed by atoms with Gasteiger partial charge in [-0.2, -0.15) is 9.65 Å². The molecule has 2 aliphatic heterocycles. The number of carbonyl (C=O) groups is 1. The molecule has 3 atom stereocenters. The predicted octanol–water partition coefficient (Wildman–Crippen LogP) is 3.32. The number of nitrogens with zero attached hydrogens (tertiary/aromatic N) is 4. The second-order valence-corrected chi connectivity index (χ2v) is 10.9. The number of nitrogens with one attached hydrogen (secondary N) is 2. The lowest BCUT2D eigenvalue weighted by Gasteiger charge is -2.49. The molecule has 3 aliphatic rings. The van der Waals surface area contributed by atoms with Crippen LogP contribution in [-0.4, -0.2) is 54.8 Å². The molecular weight excluding hydrogens is 495 g/mol. The van der Waals surface area contributed by atoms with Gasteiger partial charge in [0.15, 0.2) is 0 Å². The lowest BCUT2D eigenvalue weighted by molar-refractivity contribution is -0.114. The minimum atomic E-state index is -1.16. The number of carbonyl (C=O) groups excluding carboxylic acids is 1. The number of aliphatic hydroxyl groups excluding tert-OH is 1. The van der Waals surface area contributed by atoms with Crippen LogP contribution in [0.1, 0.15) is 54.5 Å². The van der Waals surface area contributed by atoms with Gasteiger partial charge in [0.05, 0.1) is 17.3 Å². The summed E-state index contributed by atoms with van der Waals surface area (Å²) in [5.74, 6) is -1.37. The van der Waals surface area contributed by atoms with Crippen molar-refractivity contribution in [1.82, 2.24) is 13.9 Å². The van der Waals surface area contributed by atoms with Crippen molar-refractivity contribution < 1.29 is 19.4 Å². The zero-order valence-corrected chi connectivity index (χ0v) is 20.7. The Morgan fingerprint density at radius 3 is 2.91 bits per heavy atom. The van der Waals surface area contributed by atoms with E-state index in [9.17, 15) is 19.4 Å². The fourth-order valence-electron chi connectivity index (χ4n) is 5.54. The predicted molar refractivity (Wildman–Crippen MR) is 130 cm³/mol. The van der Waals surface area contributed by atoms with Gasteiger partial charge >= 0.3 is 0 Å². The Kier molecular flexibility index (Phi) is 6.22. The monoisotopic (exact) mass is 520 g/mol. The van der Waals surface area contributed by atoms with E-state index in [4.69, 9.17) is 16.9 Å². The number of hydrogen-bond acceptors (Lipinski definition) is 8. The van der Waals surface area contributed by atoms with Crippen LogP contribution >= 0.6 is 23.7 Å². The molecule has 1 saturated heterocycles. The number of β-amino-alcohol motifs (C(OH)–C–C–N with tert-alkyl or cyclic N) is 1. The lowest BCUT2D eigenvalue weighted by atomic mass is 9.60. The van der Waals surface area contributed by atoms with E-state index < -0.39 is 17.5 Å². The van der Waals surface area contributed by atoms with Gasteiger partial charge in [-0.1, -0.05) is 18.5 Å². The molecule has 1 saturated carbocycles. The topological polar surface area (TPSA) is 126 Å². The maximum atomic E-state index is 13.7. The highest BCUT2D eigenvalue weighted by Gasteiger charge is 2.64. The van der Waals surface area contributed by atoms with Gasteiger partial charge in [0.25, 0.3) is 5.91 Å². The molecular formula is C23H26ClFN6O3S. The number of anilines is 2. The standard InChI is InChI=1S/C23H26ClFN6O3S/c1-22-6-5-16(22)31(11-23(22,34)12-32)35-29-19-15-4-2-3-7-30(15)20(18(19)24)21(33)28-13-8-14(10-26)27-17(25)9-13/h8-9,16,29,32,34H,2-7,11-12H2,1H3,(H,27,28,33). The van der Waals surface area contributed by atoms with E-state index in [1.54, 1.807) is 6.07 Å². The van der Waals surface area contributed by atoms with Crippen molar-refractivity contribution in [2.24, 2.45) is 5.41 Å². The molecule has 1 aliphatic carbocycles. The van der Waals surface area contributed by atoms with Crippen molar-refractivity contribution >= 4 is 41.0 Å². The summed E-state index contributed by atoms with van der Waals surface area (Å²) >= 11 is 8.07. The summed E-state index contributed by atoms with van der Waals surface area (Å²) in [5, 5.41) is 32.7. The summed E-state index contributed by atoms with van der Waals surface area (Å²) in [5.41, 5.74) is 0.261. The molecule has 5 rings (SSSR count). The number of aromatic nitrogens is 2. The molecule has 0 radical (unpaired) electrons. The minimum absolute atomic E-state index is 0.119. The number of fused-ring (bicyclic) bond motifs is 2. The highest BCUT2D eigenvalue weighted by Crippen LogP contribution is 2.58. The maximum absolute atomic E-state index is 13.7. The maximum Gasteiger partial charge on any atom is 0.273 e. The summed E-state index contributed by atoms with van der Waals surface area (Å²) in [6.07, 6.45) is 4.36. The van der Waals surface area contributed by atoms with Gasteiger partial charge < -0.3 is 24.8 Å². The van der Waals surface area contributed by atoms with Crippen molar-refractivity contribution in [2.45, 2.75) is 57.2 Å². The van der Waals surface area contributed by atoms with Gasteiger partial charge in [0.2, 0.25) is 5.95 Å². The zero-order chi connectivity index (χ0) is 25.0. The Bertz CT molecular complexity index is 1230. The number of hydrogen-bond donors (Lipinski definition) is 4. The van der Waals surface area contributed by atoms with Crippen molar-refractivity contribution in [3.8, 4) is 6.07 Å². The summed E-state index contributed by atoms with van der Waals surface area (Å²) in [4.78, 5) is 16.7. The van der Waals surface area contributed by atoms with E-state index in [1.165, 1.54) is 18.2 Å². The normalized spacial score (nSPS) is 27.5. The number of nitriles is 1. The Labute approximate surface area is 211 Å². The Hall–Kier alpha value is -2.36. The molecule has 1 amide bonds. The first-order valence-electron chi connectivity index (χ1n) is 11.5. The molecule has 4 N–H and O–H groups in total. The van der Waals surface area contributed by atoms with Gasteiger partial charge in [0.1, 0.15) is 23.1 Å². The Balaban J connectivity index is 1.40. The van der Waals surface area contributed by atoms with Crippen LogP contribution in [0.5, 0.6) is 0 Å². The molecule has 186 valence electrons. The van der Waals surface area contributed by atoms with Crippen molar-refractivity contribution in [3.05, 3.63) is 40.2 Å². The van der Waals surface area contributed by atoms with Gasteiger partial charge in [-0.05, 0) is 38.2 Å². The van der Waals surface area contributed by atoms with E-state index in [0.29, 0.717) is 18.8 Å². The number of aliphatic hydroxyl groups is 2. The molecule has 0 aromatic carbocycles. The van der Waals surface area contributed by atoms with E-state index in [2.05, 4.69) is 15.0 Å². The summed E-state index contributed by atoms with van der Waals surface area (Å²) in [7, 11) is 0. The molecule has 35 heavy (non-hydrogen) atoms. The first kappa shape index (κ1) is 24.3. The summed E-state index contributed by atoms with van der Waals surface area (Å²) < 4.78 is 21.0. The SMILES string of the molecule is CC12CCC1N(SNc1c(Cl)c(C(=O)Nc3cc(F)nc(C#N)c3)n3c1CCCC3)CC2(O)CO. The first-order valence-corrected chi connectivity index (χ1v) is 12.7. The van der Waals surface area contributed by atoms with Crippen LogP contribution < -0.4 is 10.0 Å². The van der Waals surface area contributed by atoms with E-state index in [0.717, 1.165) is 43.9 Å². The van der Waals surface area contributed by atoms with Crippen LogP contribution in [0.25, 0.3) is 0 Å². The van der Waals surface area contributed by atoms with Crippen molar-refractivity contribution in [3.63, 3.8) is 0 Å². The number of amides is 1. The van der Waals surface area contributed by atoms with E-state index >= 15 is 0 Å². The smallest absolute Gasteiger partial charge is 0.273 e. The van der Waals surface area contributed by atoms with Gasteiger partial charge in [-0.25, -0.2) is 9.29 Å². The lowest BCUT2D eigenvalue weighted by Crippen LogP contribution is -2.56. The van der Waals surface area contributed by atoms with Crippen LogP contribution in [0.3, 0.4) is 0 Å². The van der Waals surface area contributed by atoms with Crippen LogP contribution in [0.15, 0.2) is 12.1 Å². The molecule has 2 fully saturated rings. The zero-order valence-electron chi connectivity index (χ0n) is 19.1. The van der Waals surface area contributed by atoms with Crippen molar-refractivity contribution in [1.29, 1.82) is 5.26 Å². The molecule has 0 bridgehead atoms. The van der Waals surface area contributed by atoms with Gasteiger partial charge in [0, 0.05) is 54.1 Å². The highest BCUT2D eigenvalue weighted by atomic mass is 35.5.